The number of aliphatic carboxylic acids is 1. The Hall–Kier alpha value is -0.680. The highest BCUT2D eigenvalue weighted by Gasteiger charge is 2.65. The number of hydrogen-bond donors (Lipinski definition) is 3. The molecule has 4 saturated carbocycles. The molecule has 4 fully saturated rings. The van der Waals surface area contributed by atoms with E-state index in [0.29, 0.717) is 36.5 Å². The molecule has 4 aliphatic carbocycles. The number of carboxylic acid groups (broad SMARTS) is 1. The molecule has 4 rings (SSSR count). The Morgan fingerprint density at radius 3 is 2.38 bits per heavy atom. The van der Waals surface area contributed by atoms with Crippen LogP contribution in [-0.4, -0.2) is 39.7 Å². The van der Waals surface area contributed by atoms with Crippen molar-refractivity contribution >= 4 is 5.97 Å². The number of aliphatic hydroxyl groups excluding tert-OH is 2. The maximum atomic E-state index is 15.5. The highest BCUT2D eigenvalue weighted by atomic mass is 19.1. The third-order valence-electron chi connectivity index (χ3n) is 10.2. The average Bonchev–Trinajstić information content (AvgIpc) is 3.02. The number of carbonyl (C=O) groups is 1. The lowest BCUT2D eigenvalue weighted by atomic mass is 9.43. The van der Waals surface area contributed by atoms with Crippen molar-refractivity contribution < 1.29 is 24.5 Å². The van der Waals surface area contributed by atoms with Crippen LogP contribution in [0.1, 0.15) is 78.6 Å². The number of aliphatic hydroxyl groups is 2. The highest BCUT2D eigenvalue weighted by Crippen LogP contribution is 2.68. The van der Waals surface area contributed by atoms with Gasteiger partial charge in [0, 0.05) is 12.3 Å². The monoisotopic (exact) mass is 410 g/mol. The molecule has 0 saturated heterocycles. The van der Waals surface area contributed by atoms with Crippen LogP contribution < -0.4 is 0 Å². The summed E-state index contributed by atoms with van der Waals surface area (Å²) < 4.78 is 15.5. The van der Waals surface area contributed by atoms with Crippen molar-refractivity contribution in [3.63, 3.8) is 0 Å². The molecule has 11 atom stereocenters. The minimum absolute atomic E-state index is 0.00285. The van der Waals surface area contributed by atoms with Gasteiger partial charge >= 0.3 is 5.97 Å². The van der Waals surface area contributed by atoms with Crippen LogP contribution in [0, 0.1) is 46.3 Å². The van der Waals surface area contributed by atoms with E-state index in [4.69, 9.17) is 5.11 Å². The first-order valence-corrected chi connectivity index (χ1v) is 11.8. The molecule has 0 aliphatic heterocycles. The predicted molar refractivity (Wildman–Crippen MR) is 109 cm³/mol. The van der Waals surface area contributed by atoms with Crippen LogP contribution >= 0.6 is 0 Å². The second-order valence-corrected chi connectivity index (χ2v) is 11.4. The lowest BCUT2D eigenvalue weighted by molar-refractivity contribution is -0.206. The van der Waals surface area contributed by atoms with E-state index in [1.54, 1.807) is 0 Å². The van der Waals surface area contributed by atoms with Gasteiger partial charge in [-0.1, -0.05) is 20.8 Å². The molecule has 0 aromatic heterocycles. The second-order valence-electron chi connectivity index (χ2n) is 11.4. The summed E-state index contributed by atoms with van der Waals surface area (Å²) >= 11 is 0. The lowest BCUT2D eigenvalue weighted by Gasteiger charge is -2.63. The standard InChI is InChI=1S/C24H39FO4/c1-13(4-7-19(27)28)15-5-6-16-20-17(9-11-23(15,16)2)24(3)10-8-14(26)12-18(24)21(25)22(20)29/h13-18,20-22,26,29H,4-12H2,1-3H3,(H,27,28)/t13-,14-,15?,16?,17?,18?,20?,21-,22+,23-,24-/m1/s1. The van der Waals surface area contributed by atoms with Gasteiger partial charge in [-0.2, -0.15) is 0 Å². The Balaban J connectivity index is 1.59. The van der Waals surface area contributed by atoms with Gasteiger partial charge in [-0.3, -0.25) is 4.79 Å². The number of alkyl halides is 1. The van der Waals surface area contributed by atoms with Gasteiger partial charge in [-0.15, -0.1) is 0 Å². The third kappa shape index (κ3) is 3.26. The molecule has 0 aromatic carbocycles. The zero-order valence-corrected chi connectivity index (χ0v) is 18.2. The van der Waals surface area contributed by atoms with E-state index >= 15 is 4.39 Å². The van der Waals surface area contributed by atoms with Crippen molar-refractivity contribution in [3.8, 4) is 0 Å². The fourth-order valence-corrected chi connectivity index (χ4v) is 8.72. The van der Waals surface area contributed by atoms with Crippen LogP contribution in [0.25, 0.3) is 0 Å². The summed E-state index contributed by atoms with van der Waals surface area (Å²) in [5.41, 5.74) is -0.0615. The Bertz CT molecular complexity index is 640. The summed E-state index contributed by atoms with van der Waals surface area (Å²) in [6, 6.07) is 0. The van der Waals surface area contributed by atoms with Gasteiger partial charge in [0.25, 0.3) is 0 Å². The van der Waals surface area contributed by atoms with Gasteiger partial charge in [-0.25, -0.2) is 4.39 Å². The molecule has 166 valence electrons. The molecule has 5 heteroatoms. The molecular weight excluding hydrogens is 371 g/mol. The first kappa shape index (κ1) is 21.5. The molecule has 0 spiro atoms. The van der Waals surface area contributed by atoms with E-state index < -0.39 is 24.3 Å². The van der Waals surface area contributed by atoms with Crippen LogP contribution in [0.3, 0.4) is 0 Å². The predicted octanol–water partition coefficient (Wildman–Crippen LogP) is 4.43. The van der Waals surface area contributed by atoms with Gasteiger partial charge in [0.05, 0.1) is 12.2 Å². The van der Waals surface area contributed by atoms with E-state index in [-0.39, 0.29) is 29.1 Å². The zero-order valence-electron chi connectivity index (χ0n) is 18.2. The topological polar surface area (TPSA) is 77.8 Å². The van der Waals surface area contributed by atoms with E-state index in [1.807, 2.05) is 0 Å². The first-order chi connectivity index (χ1) is 13.6. The summed E-state index contributed by atoms with van der Waals surface area (Å²) in [7, 11) is 0. The minimum Gasteiger partial charge on any atom is -0.481 e. The number of halogens is 1. The quantitative estimate of drug-likeness (QED) is 0.641. The van der Waals surface area contributed by atoms with Crippen molar-refractivity contribution in [1.29, 1.82) is 0 Å². The summed E-state index contributed by atoms with van der Waals surface area (Å²) in [6.45, 7) is 6.74. The molecule has 0 bridgehead atoms. The molecule has 4 nitrogen and oxygen atoms in total. The number of fused-ring (bicyclic) bond motifs is 5. The first-order valence-electron chi connectivity index (χ1n) is 11.8. The maximum absolute atomic E-state index is 15.5. The molecule has 0 amide bonds. The third-order valence-corrected chi connectivity index (χ3v) is 10.2. The van der Waals surface area contributed by atoms with Gasteiger partial charge in [0.2, 0.25) is 0 Å². The zero-order chi connectivity index (χ0) is 21.1. The van der Waals surface area contributed by atoms with Gasteiger partial charge < -0.3 is 15.3 Å². The van der Waals surface area contributed by atoms with Gasteiger partial charge in [0.15, 0.2) is 0 Å². The number of hydrogen-bond acceptors (Lipinski definition) is 3. The highest BCUT2D eigenvalue weighted by molar-refractivity contribution is 5.66. The van der Waals surface area contributed by atoms with Crippen molar-refractivity contribution in [2.24, 2.45) is 46.3 Å². The molecule has 4 aliphatic rings. The summed E-state index contributed by atoms with van der Waals surface area (Å²) in [4.78, 5) is 11.0. The fraction of sp³-hybridized carbons (Fsp3) is 0.958. The molecule has 0 radical (unpaired) electrons. The van der Waals surface area contributed by atoms with E-state index in [0.717, 1.165) is 38.5 Å². The fourth-order valence-electron chi connectivity index (χ4n) is 8.72. The molecule has 0 aromatic rings. The Morgan fingerprint density at radius 1 is 1.03 bits per heavy atom. The smallest absolute Gasteiger partial charge is 0.303 e. The van der Waals surface area contributed by atoms with Crippen LogP contribution in [0.15, 0.2) is 0 Å². The van der Waals surface area contributed by atoms with Crippen molar-refractivity contribution in [2.75, 3.05) is 0 Å². The molecular formula is C24H39FO4. The van der Waals surface area contributed by atoms with Crippen molar-refractivity contribution in [2.45, 2.75) is 96.9 Å². The molecule has 5 unspecified atom stereocenters. The number of rotatable bonds is 4. The van der Waals surface area contributed by atoms with Gasteiger partial charge in [-0.05, 0) is 91.8 Å². The SMILES string of the molecule is C[C@H](CCC(=O)O)C1CCC2C3C(CC[C@@]21C)[C@@]1(C)CC[C@@H](O)CC1[C@@H](F)[C@H]3O. The Morgan fingerprint density at radius 2 is 1.69 bits per heavy atom. The van der Waals surface area contributed by atoms with Crippen LogP contribution in [0.4, 0.5) is 4.39 Å². The minimum atomic E-state index is -1.25. The van der Waals surface area contributed by atoms with Crippen LogP contribution in [-0.2, 0) is 4.79 Å². The molecule has 29 heavy (non-hydrogen) atoms. The van der Waals surface area contributed by atoms with Crippen molar-refractivity contribution in [3.05, 3.63) is 0 Å². The second kappa shape index (κ2) is 7.47. The number of carboxylic acids is 1. The van der Waals surface area contributed by atoms with Crippen LogP contribution in [0.5, 0.6) is 0 Å². The summed E-state index contributed by atoms with van der Waals surface area (Å²) in [6.07, 6.45) is 4.57. The molecule has 3 N–H and O–H groups in total. The van der Waals surface area contributed by atoms with Gasteiger partial charge in [0.1, 0.15) is 6.17 Å². The van der Waals surface area contributed by atoms with E-state index in [2.05, 4.69) is 20.8 Å². The maximum Gasteiger partial charge on any atom is 0.303 e. The largest absolute Gasteiger partial charge is 0.481 e. The summed E-state index contributed by atoms with van der Waals surface area (Å²) in [5.74, 6) is 0.464. The molecule has 0 heterocycles. The van der Waals surface area contributed by atoms with E-state index in [1.165, 1.54) is 0 Å². The lowest BCUT2D eigenvalue weighted by Crippen LogP contribution is -2.63. The Kier molecular flexibility index (Phi) is 5.55. The van der Waals surface area contributed by atoms with E-state index in [9.17, 15) is 15.0 Å². The van der Waals surface area contributed by atoms with Crippen molar-refractivity contribution in [1.82, 2.24) is 0 Å². The normalized spacial score (nSPS) is 52.9. The summed E-state index contributed by atoms with van der Waals surface area (Å²) in [5, 5.41) is 30.4. The average molecular weight is 411 g/mol. The Labute approximate surface area is 174 Å². The van der Waals surface area contributed by atoms with Crippen LogP contribution in [0.2, 0.25) is 0 Å².